The molecular formula is C11H14N2O3S2. The maximum absolute atomic E-state index is 12.0. The van der Waals surface area contributed by atoms with E-state index in [0.717, 1.165) is 0 Å². The highest BCUT2D eigenvalue weighted by molar-refractivity contribution is 7.98. The highest BCUT2D eigenvalue weighted by Gasteiger charge is 2.29. The molecule has 0 aromatic carbocycles. The van der Waals surface area contributed by atoms with E-state index in [1.807, 2.05) is 6.26 Å². The molecule has 0 radical (unpaired) electrons. The third kappa shape index (κ3) is 3.02. The van der Waals surface area contributed by atoms with Crippen LogP contribution >= 0.6 is 11.8 Å². The second kappa shape index (κ2) is 5.27. The molecule has 0 bridgehead atoms. The summed E-state index contributed by atoms with van der Waals surface area (Å²) in [5, 5.41) is 3.40. The van der Waals surface area contributed by atoms with Gasteiger partial charge in [-0.2, -0.15) is 0 Å². The number of carbonyl (C=O) groups is 1. The third-order valence-electron chi connectivity index (χ3n) is 2.78. The van der Waals surface area contributed by atoms with Gasteiger partial charge in [0.25, 0.3) is 5.91 Å². The lowest BCUT2D eigenvalue weighted by molar-refractivity contribution is 0.0937. The second-order valence-corrected chi connectivity index (χ2v) is 7.16. The number of pyridine rings is 1. The Hall–Kier alpha value is -1.08. The smallest absolute Gasteiger partial charge is 0.254 e. The molecule has 1 aromatic rings. The van der Waals surface area contributed by atoms with Crippen LogP contribution < -0.4 is 5.32 Å². The predicted octanol–water partition coefficient (Wildman–Crippen LogP) is 0.720. The average molecular weight is 286 g/mol. The zero-order valence-corrected chi connectivity index (χ0v) is 11.6. The van der Waals surface area contributed by atoms with Crippen LogP contribution in [-0.2, 0) is 9.84 Å². The number of nitrogens with zero attached hydrogens (tertiary/aromatic N) is 1. The number of sulfone groups is 1. The Morgan fingerprint density at radius 2 is 2.33 bits per heavy atom. The molecule has 1 aliphatic rings. The van der Waals surface area contributed by atoms with Crippen molar-refractivity contribution in [1.29, 1.82) is 0 Å². The van der Waals surface area contributed by atoms with E-state index in [4.69, 9.17) is 0 Å². The number of hydrogen-bond acceptors (Lipinski definition) is 5. The minimum atomic E-state index is -2.97. The first-order chi connectivity index (χ1) is 8.52. The lowest BCUT2D eigenvalue weighted by Crippen LogP contribution is -2.35. The van der Waals surface area contributed by atoms with Crippen molar-refractivity contribution in [3.63, 3.8) is 0 Å². The first kappa shape index (κ1) is 13.4. The molecule has 1 fully saturated rings. The molecule has 0 saturated carbocycles. The Labute approximate surface area is 110 Å². The molecule has 1 aliphatic heterocycles. The molecule has 0 aliphatic carbocycles. The summed E-state index contributed by atoms with van der Waals surface area (Å²) in [5.41, 5.74) is 0.495. The van der Waals surface area contributed by atoms with E-state index in [0.29, 0.717) is 17.0 Å². The first-order valence-electron chi connectivity index (χ1n) is 5.52. The Bertz CT molecular complexity index is 557. The van der Waals surface area contributed by atoms with E-state index < -0.39 is 9.84 Å². The SMILES string of the molecule is CSc1ncccc1C(=O)N[C@H]1CCS(=O)(=O)C1. The molecule has 2 heterocycles. The van der Waals surface area contributed by atoms with Crippen LogP contribution in [0.25, 0.3) is 0 Å². The molecular weight excluding hydrogens is 272 g/mol. The fourth-order valence-corrected chi connectivity index (χ4v) is 4.12. The highest BCUT2D eigenvalue weighted by atomic mass is 32.2. The van der Waals surface area contributed by atoms with Gasteiger partial charge in [0, 0.05) is 12.2 Å². The maximum atomic E-state index is 12.0. The van der Waals surface area contributed by atoms with Crippen molar-refractivity contribution in [3.8, 4) is 0 Å². The maximum Gasteiger partial charge on any atom is 0.254 e. The number of thioether (sulfide) groups is 1. The molecule has 98 valence electrons. The summed E-state index contributed by atoms with van der Waals surface area (Å²) in [4.78, 5) is 16.1. The number of amides is 1. The molecule has 0 unspecified atom stereocenters. The van der Waals surface area contributed by atoms with E-state index in [2.05, 4.69) is 10.3 Å². The van der Waals surface area contributed by atoms with Crippen LogP contribution in [0.3, 0.4) is 0 Å². The van der Waals surface area contributed by atoms with Crippen LogP contribution in [0, 0.1) is 0 Å². The molecule has 1 saturated heterocycles. The summed E-state index contributed by atoms with van der Waals surface area (Å²) in [7, 11) is -2.97. The van der Waals surface area contributed by atoms with Gasteiger partial charge in [-0.15, -0.1) is 11.8 Å². The number of hydrogen-bond donors (Lipinski definition) is 1. The van der Waals surface area contributed by atoms with Crippen molar-refractivity contribution in [2.45, 2.75) is 17.5 Å². The monoisotopic (exact) mass is 286 g/mol. The van der Waals surface area contributed by atoms with Gasteiger partial charge in [0.1, 0.15) is 5.03 Å². The molecule has 7 heteroatoms. The lowest BCUT2D eigenvalue weighted by Gasteiger charge is -2.12. The van der Waals surface area contributed by atoms with Crippen molar-refractivity contribution >= 4 is 27.5 Å². The van der Waals surface area contributed by atoms with Gasteiger partial charge < -0.3 is 5.32 Å². The third-order valence-corrected chi connectivity index (χ3v) is 5.26. The van der Waals surface area contributed by atoms with Crippen molar-refractivity contribution in [1.82, 2.24) is 10.3 Å². The Kier molecular flexibility index (Phi) is 3.91. The summed E-state index contributed by atoms with van der Waals surface area (Å²) >= 11 is 1.39. The van der Waals surface area contributed by atoms with Gasteiger partial charge in [-0.3, -0.25) is 4.79 Å². The number of nitrogens with one attached hydrogen (secondary N) is 1. The normalized spacial score (nSPS) is 21.7. The van der Waals surface area contributed by atoms with Gasteiger partial charge in [-0.1, -0.05) is 0 Å². The Balaban J connectivity index is 2.09. The van der Waals surface area contributed by atoms with Gasteiger partial charge in [0.05, 0.1) is 17.1 Å². The zero-order chi connectivity index (χ0) is 13.2. The topological polar surface area (TPSA) is 76.1 Å². The largest absolute Gasteiger partial charge is 0.348 e. The van der Waals surface area contributed by atoms with Crippen LogP contribution in [0.4, 0.5) is 0 Å². The van der Waals surface area contributed by atoms with Gasteiger partial charge >= 0.3 is 0 Å². The van der Waals surface area contributed by atoms with Crippen molar-refractivity contribution in [2.75, 3.05) is 17.8 Å². The van der Waals surface area contributed by atoms with E-state index >= 15 is 0 Å². The van der Waals surface area contributed by atoms with Crippen LogP contribution in [-0.4, -0.2) is 43.1 Å². The van der Waals surface area contributed by atoms with Gasteiger partial charge in [0.2, 0.25) is 0 Å². The standard InChI is InChI=1S/C11H14N2O3S2/c1-17-11-9(3-2-5-12-11)10(14)13-8-4-6-18(15,16)7-8/h2-3,5,8H,4,6-7H2,1H3,(H,13,14)/t8-/m0/s1. The average Bonchev–Trinajstić information content (AvgIpc) is 2.68. The van der Waals surface area contributed by atoms with Gasteiger partial charge in [-0.25, -0.2) is 13.4 Å². The predicted molar refractivity (Wildman–Crippen MR) is 70.5 cm³/mol. The van der Waals surface area contributed by atoms with Crippen LogP contribution in [0.5, 0.6) is 0 Å². The minimum absolute atomic E-state index is 0.0353. The Morgan fingerprint density at radius 1 is 1.56 bits per heavy atom. The van der Waals surface area contributed by atoms with Gasteiger partial charge in [0.15, 0.2) is 9.84 Å². The van der Waals surface area contributed by atoms with Gasteiger partial charge in [-0.05, 0) is 24.8 Å². The summed E-state index contributed by atoms with van der Waals surface area (Å²) in [6, 6.07) is 3.11. The second-order valence-electron chi connectivity index (χ2n) is 4.13. The first-order valence-corrected chi connectivity index (χ1v) is 8.57. The molecule has 1 aromatic heterocycles. The van der Waals surface area contributed by atoms with E-state index in [1.165, 1.54) is 11.8 Å². The van der Waals surface area contributed by atoms with E-state index in [-0.39, 0.29) is 23.5 Å². The van der Waals surface area contributed by atoms with Crippen molar-refractivity contribution < 1.29 is 13.2 Å². The molecule has 1 amide bonds. The lowest BCUT2D eigenvalue weighted by atomic mass is 10.2. The number of rotatable bonds is 3. The van der Waals surface area contributed by atoms with Crippen LogP contribution in [0.1, 0.15) is 16.8 Å². The summed E-state index contributed by atoms with van der Waals surface area (Å²) < 4.78 is 22.6. The fraction of sp³-hybridized carbons (Fsp3) is 0.455. The molecule has 18 heavy (non-hydrogen) atoms. The summed E-state index contributed by atoms with van der Waals surface area (Å²) in [6.45, 7) is 0. The quantitative estimate of drug-likeness (QED) is 0.829. The van der Waals surface area contributed by atoms with Crippen LogP contribution in [0.15, 0.2) is 23.4 Å². The highest BCUT2D eigenvalue weighted by Crippen LogP contribution is 2.18. The van der Waals surface area contributed by atoms with E-state index in [1.54, 1.807) is 18.3 Å². The molecule has 1 N–H and O–H groups in total. The van der Waals surface area contributed by atoms with Crippen molar-refractivity contribution in [3.05, 3.63) is 23.9 Å². The molecule has 5 nitrogen and oxygen atoms in total. The number of aromatic nitrogens is 1. The summed E-state index contributed by atoms with van der Waals surface area (Å²) in [6.07, 6.45) is 3.96. The van der Waals surface area contributed by atoms with Crippen LogP contribution in [0.2, 0.25) is 0 Å². The minimum Gasteiger partial charge on any atom is -0.348 e. The molecule has 0 spiro atoms. The zero-order valence-electron chi connectivity index (χ0n) is 9.92. The number of carbonyl (C=O) groups excluding carboxylic acids is 1. The molecule has 1 atom stereocenters. The van der Waals surface area contributed by atoms with Crippen molar-refractivity contribution in [2.24, 2.45) is 0 Å². The fourth-order valence-electron chi connectivity index (χ4n) is 1.90. The Morgan fingerprint density at radius 3 is 2.94 bits per heavy atom. The van der Waals surface area contributed by atoms with E-state index in [9.17, 15) is 13.2 Å². The summed E-state index contributed by atoms with van der Waals surface area (Å²) in [5.74, 6) is -0.0666. The molecule has 2 rings (SSSR count).